The van der Waals surface area contributed by atoms with Crippen molar-refractivity contribution in [1.29, 1.82) is 0 Å². The summed E-state index contributed by atoms with van der Waals surface area (Å²) in [5.74, 6) is 1.93. The van der Waals surface area contributed by atoms with Gasteiger partial charge in [0.2, 0.25) is 0 Å². The van der Waals surface area contributed by atoms with Gasteiger partial charge in [-0.2, -0.15) is 0 Å². The van der Waals surface area contributed by atoms with Gasteiger partial charge in [-0.25, -0.2) is 9.97 Å². The molecule has 0 bridgehead atoms. The van der Waals surface area contributed by atoms with E-state index in [-0.39, 0.29) is 0 Å². The standard InChI is InChI=1S/C17H27N3/c1-4-7-18-14-9-17(2,3)10-15-13(14)11-19-16(20-15)8-12-5-6-12/h11-12,14,18H,4-10H2,1-3H3. The van der Waals surface area contributed by atoms with Crippen LogP contribution in [0.25, 0.3) is 0 Å². The van der Waals surface area contributed by atoms with Crippen LogP contribution in [-0.2, 0) is 12.8 Å². The molecule has 2 aliphatic carbocycles. The lowest BCUT2D eigenvalue weighted by atomic mass is 9.74. The zero-order valence-corrected chi connectivity index (χ0v) is 13.1. The number of hydrogen-bond donors (Lipinski definition) is 1. The molecule has 1 fully saturated rings. The molecule has 1 N–H and O–H groups in total. The highest BCUT2D eigenvalue weighted by Crippen LogP contribution is 2.40. The summed E-state index contributed by atoms with van der Waals surface area (Å²) < 4.78 is 0. The molecule has 0 aromatic carbocycles. The molecule has 3 nitrogen and oxygen atoms in total. The van der Waals surface area contributed by atoms with E-state index in [0.717, 1.165) is 31.1 Å². The third-order valence-electron chi connectivity index (χ3n) is 4.54. The summed E-state index contributed by atoms with van der Waals surface area (Å²) in [7, 11) is 0. The van der Waals surface area contributed by atoms with E-state index >= 15 is 0 Å². The summed E-state index contributed by atoms with van der Waals surface area (Å²) in [4.78, 5) is 9.52. The van der Waals surface area contributed by atoms with Crippen LogP contribution in [-0.4, -0.2) is 16.5 Å². The van der Waals surface area contributed by atoms with Crippen molar-refractivity contribution in [2.24, 2.45) is 11.3 Å². The Kier molecular flexibility index (Phi) is 3.80. The molecule has 0 radical (unpaired) electrons. The van der Waals surface area contributed by atoms with Crippen molar-refractivity contribution in [2.45, 2.75) is 65.3 Å². The average Bonchev–Trinajstić information content (AvgIpc) is 3.18. The van der Waals surface area contributed by atoms with E-state index in [0.29, 0.717) is 11.5 Å². The molecule has 0 saturated heterocycles. The second-order valence-corrected chi connectivity index (χ2v) is 7.39. The van der Waals surface area contributed by atoms with Gasteiger partial charge in [-0.15, -0.1) is 0 Å². The van der Waals surface area contributed by atoms with Crippen LogP contribution in [0.2, 0.25) is 0 Å². The smallest absolute Gasteiger partial charge is 0.128 e. The maximum atomic E-state index is 4.90. The number of rotatable bonds is 5. The van der Waals surface area contributed by atoms with Gasteiger partial charge in [0.25, 0.3) is 0 Å². The summed E-state index contributed by atoms with van der Waals surface area (Å²) in [5.41, 5.74) is 2.97. The van der Waals surface area contributed by atoms with Gasteiger partial charge in [-0.05, 0) is 50.0 Å². The van der Waals surface area contributed by atoms with Crippen molar-refractivity contribution in [2.75, 3.05) is 6.54 Å². The van der Waals surface area contributed by atoms with Crippen molar-refractivity contribution in [1.82, 2.24) is 15.3 Å². The minimum atomic E-state index is 0.337. The maximum absolute atomic E-state index is 4.90. The Bertz CT molecular complexity index is 477. The van der Waals surface area contributed by atoms with Crippen LogP contribution in [0.3, 0.4) is 0 Å². The summed E-state index contributed by atoms with van der Waals surface area (Å²) in [6, 6.07) is 0.434. The molecule has 3 heteroatoms. The fraction of sp³-hybridized carbons (Fsp3) is 0.765. The number of nitrogens with one attached hydrogen (secondary N) is 1. The van der Waals surface area contributed by atoms with E-state index in [1.54, 1.807) is 0 Å². The Morgan fingerprint density at radius 1 is 1.35 bits per heavy atom. The average molecular weight is 273 g/mol. The number of fused-ring (bicyclic) bond motifs is 1. The van der Waals surface area contributed by atoms with Crippen LogP contribution in [0.4, 0.5) is 0 Å². The second-order valence-electron chi connectivity index (χ2n) is 7.39. The fourth-order valence-corrected chi connectivity index (χ4v) is 3.27. The molecule has 1 aromatic rings. The van der Waals surface area contributed by atoms with E-state index < -0.39 is 0 Å². The molecule has 3 rings (SSSR count). The number of hydrogen-bond acceptors (Lipinski definition) is 3. The van der Waals surface area contributed by atoms with E-state index in [1.807, 2.05) is 0 Å². The lowest BCUT2D eigenvalue weighted by Crippen LogP contribution is -2.34. The predicted molar refractivity (Wildman–Crippen MR) is 81.6 cm³/mol. The maximum Gasteiger partial charge on any atom is 0.128 e. The van der Waals surface area contributed by atoms with Crippen LogP contribution in [0.5, 0.6) is 0 Å². The van der Waals surface area contributed by atoms with Crippen LogP contribution >= 0.6 is 0 Å². The first-order chi connectivity index (χ1) is 9.57. The first kappa shape index (κ1) is 14.0. The van der Waals surface area contributed by atoms with E-state index in [1.165, 1.54) is 36.9 Å². The van der Waals surface area contributed by atoms with Crippen LogP contribution in [0, 0.1) is 11.3 Å². The molecular formula is C17H27N3. The van der Waals surface area contributed by atoms with E-state index in [9.17, 15) is 0 Å². The highest BCUT2D eigenvalue weighted by atomic mass is 15.0. The monoisotopic (exact) mass is 273 g/mol. The second kappa shape index (κ2) is 5.44. The normalized spacial score (nSPS) is 24.4. The zero-order chi connectivity index (χ0) is 14.2. The molecule has 0 amide bonds. The third-order valence-corrected chi connectivity index (χ3v) is 4.54. The SMILES string of the molecule is CCCNC1CC(C)(C)Cc2nc(CC3CC3)ncc21. The van der Waals surface area contributed by atoms with E-state index in [4.69, 9.17) is 4.98 Å². The zero-order valence-electron chi connectivity index (χ0n) is 13.1. The first-order valence-electron chi connectivity index (χ1n) is 8.15. The topological polar surface area (TPSA) is 37.8 Å². The molecule has 1 saturated carbocycles. The van der Waals surface area contributed by atoms with Crippen molar-refractivity contribution in [3.05, 3.63) is 23.3 Å². The summed E-state index contributed by atoms with van der Waals surface area (Å²) >= 11 is 0. The van der Waals surface area contributed by atoms with Gasteiger partial charge < -0.3 is 5.32 Å². The van der Waals surface area contributed by atoms with Gasteiger partial charge >= 0.3 is 0 Å². The lowest BCUT2D eigenvalue weighted by Gasteiger charge is -2.36. The van der Waals surface area contributed by atoms with Crippen molar-refractivity contribution in [3.63, 3.8) is 0 Å². The number of aromatic nitrogens is 2. The van der Waals surface area contributed by atoms with Crippen LogP contribution in [0.1, 0.15) is 69.6 Å². The van der Waals surface area contributed by atoms with E-state index in [2.05, 4.69) is 37.3 Å². The quantitative estimate of drug-likeness (QED) is 0.893. The van der Waals surface area contributed by atoms with Gasteiger partial charge in [0, 0.05) is 29.9 Å². The van der Waals surface area contributed by atoms with Crippen LogP contribution in [0.15, 0.2) is 6.20 Å². The molecule has 20 heavy (non-hydrogen) atoms. The number of nitrogens with zero attached hydrogens (tertiary/aromatic N) is 2. The molecule has 2 aliphatic rings. The Labute approximate surface area is 122 Å². The molecule has 110 valence electrons. The molecule has 0 spiro atoms. The molecular weight excluding hydrogens is 246 g/mol. The third kappa shape index (κ3) is 3.20. The van der Waals surface area contributed by atoms with Crippen molar-refractivity contribution < 1.29 is 0 Å². The van der Waals surface area contributed by atoms with Gasteiger partial charge in [0.15, 0.2) is 0 Å². The molecule has 1 atom stereocenters. The lowest BCUT2D eigenvalue weighted by molar-refractivity contribution is 0.253. The Morgan fingerprint density at radius 2 is 2.15 bits per heavy atom. The fourth-order valence-electron chi connectivity index (χ4n) is 3.27. The Balaban J connectivity index is 1.83. The minimum Gasteiger partial charge on any atom is -0.310 e. The molecule has 1 heterocycles. The highest BCUT2D eigenvalue weighted by molar-refractivity contribution is 5.27. The molecule has 0 aliphatic heterocycles. The van der Waals surface area contributed by atoms with Crippen molar-refractivity contribution in [3.8, 4) is 0 Å². The van der Waals surface area contributed by atoms with Crippen molar-refractivity contribution >= 4 is 0 Å². The van der Waals surface area contributed by atoms with Gasteiger partial charge in [-0.3, -0.25) is 0 Å². The summed E-state index contributed by atoms with van der Waals surface area (Å²) in [6.45, 7) is 8.01. The highest BCUT2D eigenvalue weighted by Gasteiger charge is 2.33. The molecule has 1 aromatic heterocycles. The summed E-state index contributed by atoms with van der Waals surface area (Å²) in [6.07, 6.45) is 9.37. The Hall–Kier alpha value is -0.960. The largest absolute Gasteiger partial charge is 0.310 e. The van der Waals surface area contributed by atoms with Gasteiger partial charge in [0.1, 0.15) is 5.82 Å². The Morgan fingerprint density at radius 3 is 2.85 bits per heavy atom. The molecule has 1 unspecified atom stereocenters. The van der Waals surface area contributed by atoms with Crippen LogP contribution < -0.4 is 5.32 Å². The summed E-state index contributed by atoms with van der Waals surface area (Å²) in [5, 5.41) is 3.68. The van der Waals surface area contributed by atoms with Gasteiger partial charge in [0.05, 0.1) is 0 Å². The minimum absolute atomic E-state index is 0.337. The first-order valence-corrected chi connectivity index (χ1v) is 8.15. The predicted octanol–water partition coefficient (Wildman–Crippen LogP) is 3.44. The van der Waals surface area contributed by atoms with Gasteiger partial charge in [-0.1, -0.05) is 20.8 Å².